The fraction of sp³-hybridized carbons (Fsp3) is 0.533. The van der Waals surface area contributed by atoms with Gasteiger partial charge in [0.25, 0.3) is 0 Å². The van der Waals surface area contributed by atoms with E-state index in [0.717, 1.165) is 10.6 Å². The van der Waals surface area contributed by atoms with Crippen LogP contribution in [0.2, 0.25) is 0 Å². The number of anilines is 1. The van der Waals surface area contributed by atoms with Crippen molar-refractivity contribution in [1.29, 1.82) is 0 Å². The summed E-state index contributed by atoms with van der Waals surface area (Å²) in [6.07, 6.45) is 1.08. The molecule has 1 amide bonds. The molecule has 2 heterocycles. The molecule has 0 atom stereocenters. The molecule has 2 aliphatic rings. The first-order chi connectivity index (χ1) is 11.4. The van der Waals surface area contributed by atoms with Crippen LogP contribution in [-0.4, -0.2) is 71.5 Å². The van der Waals surface area contributed by atoms with Crippen molar-refractivity contribution in [3.63, 3.8) is 0 Å². The summed E-state index contributed by atoms with van der Waals surface area (Å²) in [6, 6.07) is 4.85. The average molecular weight is 356 g/mol. The molecule has 3 rings (SSSR count). The zero-order valence-electron chi connectivity index (χ0n) is 13.4. The molecule has 0 radical (unpaired) electrons. The van der Waals surface area contributed by atoms with Gasteiger partial charge in [0.2, 0.25) is 15.9 Å². The highest BCUT2D eigenvalue weighted by Crippen LogP contribution is 2.34. The maximum atomic E-state index is 12.4. The van der Waals surface area contributed by atoms with Gasteiger partial charge in [-0.15, -0.1) is 0 Å². The minimum absolute atomic E-state index is 0.251. The first kappa shape index (κ1) is 16.8. The standard InChI is InChI=1S/C15H20N2O6S/c1-24(19,20)17(11-15(18)16-4-6-21-7-5-16)12-2-3-13-14(10-12)23-9-8-22-13/h2-3,10H,4-9,11H2,1H3. The van der Waals surface area contributed by atoms with Crippen molar-refractivity contribution in [2.45, 2.75) is 0 Å². The molecule has 132 valence electrons. The van der Waals surface area contributed by atoms with Crippen LogP contribution in [0.1, 0.15) is 0 Å². The smallest absolute Gasteiger partial charge is 0.243 e. The van der Waals surface area contributed by atoms with Crippen LogP contribution in [0.5, 0.6) is 11.5 Å². The SMILES string of the molecule is CS(=O)(=O)N(CC(=O)N1CCOCC1)c1ccc2c(c1)OCCO2. The molecule has 0 unspecified atom stereocenters. The van der Waals surface area contributed by atoms with E-state index in [4.69, 9.17) is 14.2 Å². The number of benzene rings is 1. The van der Waals surface area contributed by atoms with Gasteiger partial charge in [-0.1, -0.05) is 0 Å². The number of hydrogen-bond donors (Lipinski definition) is 0. The van der Waals surface area contributed by atoms with Gasteiger partial charge in [-0.2, -0.15) is 0 Å². The third kappa shape index (κ3) is 3.73. The highest BCUT2D eigenvalue weighted by molar-refractivity contribution is 7.92. The Morgan fingerprint density at radius 2 is 1.79 bits per heavy atom. The maximum Gasteiger partial charge on any atom is 0.243 e. The van der Waals surface area contributed by atoms with E-state index < -0.39 is 10.0 Å². The number of fused-ring (bicyclic) bond motifs is 1. The predicted molar refractivity (Wildman–Crippen MR) is 87.0 cm³/mol. The lowest BCUT2D eigenvalue weighted by molar-refractivity contribution is -0.133. The Balaban J connectivity index is 1.83. The van der Waals surface area contributed by atoms with Crippen molar-refractivity contribution in [2.75, 3.05) is 56.6 Å². The number of rotatable bonds is 4. The Labute approximate surface area is 140 Å². The van der Waals surface area contributed by atoms with Gasteiger partial charge in [0.15, 0.2) is 11.5 Å². The molecule has 24 heavy (non-hydrogen) atoms. The van der Waals surface area contributed by atoms with E-state index in [9.17, 15) is 13.2 Å². The summed E-state index contributed by atoms with van der Waals surface area (Å²) in [4.78, 5) is 14.0. The Morgan fingerprint density at radius 1 is 1.12 bits per heavy atom. The van der Waals surface area contributed by atoms with Crippen LogP contribution in [0.4, 0.5) is 5.69 Å². The molecule has 0 spiro atoms. The van der Waals surface area contributed by atoms with E-state index in [1.807, 2.05) is 0 Å². The zero-order valence-corrected chi connectivity index (χ0v) is 14.3. The van der Waals surface area contributed by atoms with Crippen LogP contribution in [-0.2, 0) is 19.6 Å². The number of ether oxygens (including phenoxy) is 3. The van der Waals surface area contributed by atoms with E-state index in [2.05, 4.69) is 0 Å². The van der Waals surface area contributed by atoms with Gasteiger partial charge in [-0.25, -0.2) is 8.42 Å². The lowest BCUT2D eigenvalue weighted by Gasteiger charge is -2.30. The fourth-order valence-electron chi connectivity index (χ4n) is 2.62. The summed E-state index contributed by atoms with van der Waals surface area (Å²) in [7, 11) is -3.62. The molecular weight excluding hydrogens is 336 g/mol. The molecule has 8 nitrogen and oxygen atoms in total. The Morgan fingerprint density at radius 3 is 2.46 bits per heavy atom. The third-order valence-corrected chi connectivity index (χ3v) is 5.00. The highest BCUT2D eigenvalue weighted by Gasteiger charge is 2.26. The van der Waals surface area contributed by atoms with E-state index in [1.165, 1.54) is 0 Å². The van der Waals surface area contributed by atoms with Gasteiger partial charge in [-0.3, -0.25) is 9.10 Å². The molecule has 2 aliphatic heterocycles. The molecule has 1 aromatic carbocycles. The monoisotopic (exact) mass is 356 g/mol. The summed E-state index contributed by atoms with van der Waals surface area (Å²) in [6.45, 7) is 2.48. The second-order valence-corrected chi connectivity index (χ2v) is 7.50. The van der Waals surface area contributed by atoms with Crippen molar-refractivity contribution in [2.24, 2.45) is 0 Å². The maximum absolute atomic E-state index is 12.4. The molecule has 1 fully saturated rings. The van der Waals surface area contributed by atoms with E-state index in [-0.39, 0.29) is 12.5 Å². The number of amides is 1. The lowest BCUT2D eigenvalue weighted by Crippen LogP contribution is -2.47. The van der Waals surface area contributed by atoms with Gasteiger partial charge in [0.1, 0.15) is 19.8 Å². The van der Waals surface area contributed by atoms with E-state index in [1.54, 1.807) is 23.1 Å². The zero-order chi connectivity index (χ0) is 17.2. The first-order valence-electron chi connectivity index (χ1n) is 7.68. The minimum Gasteiger partial charge on any atom is -0.486 e. The van der Waals surface area contributed by atoms with Crippen molar-refractivity contribution >= 4 is 21.6 Å². The summed E-state index contributed by atoms with van der Waals surface area (Å²) >= 11 is 0. The van der Waals surface area contributed by atoms with Gasteiger partial charge in [-0.05, 0) is 12.1 Å². The number of carbonyl (C=O) groups is 1. The van der Waals surface area contributed by atoms with E-state index in [0.29, 0.717) is 56.7 Å². The molecule has 1 aromatic rings. The number of sulfonamides is 1. The summed E-state index contributed by atoms with van der Waals surface area (Å²) in [5.74, 6) is 0.794. The second kappa shape index (κ2) is 6.86. The second-order valence-electron chi connectivity index (χ2n) is 5.59. The van der Waals surface area contributed by atoms with Crippen LogP contribution in [0.25, 0.3) is 0 Å². The molecule has 0 saturated carbocycles. The molecule has 9 heteroatoms. The fourth-order valence-corrected chi connectivity index (χ4v) is 3.46. The molecule has 0 bridgehead atoms. The topological polar surface area (TPSA) is 85.4 Å². The Hall–Kier alpha value is -2.00. The summed E-state index contributed by atoms with van der Waals surface area (Å²) < 4.78 is 41.6. The molecule has 0 N–H and O–H groups in total. The molecule has 0 aromatic heterocycles. The largest absolute Gasteiger partial charge is 0.486 e. The molecular formula is C15H20N2O6S. The highest BCUT2D eigenvalue weighted by atomic mass is 32.2. The van der Waals surface area contributed by atoms with Gasteiger partial charge < -0.3 is 19.1 Å². The van der Waals surface area contributed by atoms with E-state index >= 15 is 0 Å². The quantitative estimate of drug-likeness (QED) is 0.760. The Kier molecular flexibility index (Phi) is 4.81. The van der Waals surface area contributed by atoms with Crippen molar-refractivity contribution < 1.29 is 27.4 Å². The molecule has 0 aliphatic carbocycles. The van der Waals surface area contributed by atoms with Crippen LogP contribution in [0, 0.1) is 0 Å². The van der Waals surface area contributed by atoms with Crippen LogP contribution in [0.3, 0.4) is 0 Å². The minimum atomic E-state index is -3.62. The number of carbonyl (C=O) groups excluding carboxylic acids is 1. The number of hydrogen-bond acceptors (Lipinski definition) is 6. The van der Waals surface area contributed by atoms with Crippen LogP contribution >= 0.6 is 0 Å². The van der Waals surface area contributed by atoms with Crippen LogP contribution < -0.4 is 13.8 Å². The first-order valence-corrected chi connectivity index (χ1v) is 9.53. The van der Waals surface area contributed by atoms with Crippen molar-refractivity contribution in [3.05, 3.63) is 18.2 Å². The van der Waals surface area contributed by atoms with Crippen molar-refractivity contribution in [3.8, 4) is 11.5 Å². The summed E-state index contributed by atoms with van der Waals surface area (Å²) in [5, 5.41) is 0. The van der Waals surface area contributed by atoms with Gasteiger partial charge in [0, 0.05) is 19.2 Å². The normalized spacial score (nSPS) is 17.5. The van der Waals surface area contributed by atoms with Gasteiger partial charge in [0.05, 0.1) is 25.2 Å². The Bertz CT molecular complexity index is 715. The third-order valence-electron chi connectivity index (χ3n) is 3.86. The van der Waals surface area contributed by atoms with Gasteiger partial charge >= 0.3 is 0 Å². The number of morpholine rings is 1. The average Bonchev–Trinajstić information content (AvgIpc) is 2.59. The molecule has 1 saturated heterocycles. The van der Waals surface area contributed by atoms with Crippen molar-refractivity contribution in [1.82, 2.24) is 4.90 Å². The lowest BCUT2D eigenvalue weighted by atomic mass is 10.2. The predicted octanol–water partition coefficient (Wildman–Crippen LogP) is 0.0826. The van der Waals surface area contributed by atoms with Crippen LogP contribution in [0.15, 0.2) is 18.2 Å². The number of nitrogens with zero attached hydrogens (tertiary/aromatic N) is 2. The summed E-state index contributed by atoms with van der Waals surface area (Å²) in [5.41, 5.74) is 0.378.